The molecule has 0 radical (unpaired) electrons. The number of carbonyl (C=O) groups excluding carboxylic acids is 1. The number of rotatable bonds is 4. The second-order valence-corrected chi connectivity index (χ2v) is 7.25. The lowest BCUT2D eigenvalue weighted by molar-refractivity contribution is 0.103. The van der Waals surface area contributed by atoms with Gasteiger partial charge in [-0.2, -0.15) is 0 Å². The lowest BCUT2D eigenvalue weighted by Crippen LogP contribution is -2.43. The molecule has 27 heavy (non-hydrogen) atoms. The molecule has 1 saturated heterocycles. The van der Waals surface area contributed by atoms with E-state index in [4.69, 9.17) is 5.73 Å². The number of aromatic nitrogens is 2. The van der Waals surface area contributed by atoms with Crippen molar-refractivity contribution in [1.82, 2.24) is 15.3 Å². The molecule has 0 unspecified atom stereocenters. The van der Waals surface area contributed by atoms with E-state index in [-0.39, 0.29) is 5.91 Å². The number of nitrogen functional groups attached to an aromatic ring is 1. The molecule has 4 N–H and O–H groups in total. The first-order valence-corrected chi connectivity index (χ1v) is 9.55. The van der Waals surface area contributed by atoms with Crippen LogP contribution in [0.2, 0.25) is 0 Å². The van der Waals surface area contributed by atoms with Gasteiger partial charge >= 0.3 is 0 Å². The van der Waals surface area contributed by atoms with E-state index in [1.165, 1.54) is 11.3 Å². The van der Waals surface area contributed by atoms with Gasteiger partial charge < -0.3 is 21.3 Å². The van der Waals surface area contributed by atoms with E-state index >= 15 is 0 Å². The molecule has 1 aromatic carbocycles. The van der Waals surface area contributed by atoms with Crippen molar-refractivity contribution in [2.75, 3.05) is 42.1 Å². The molecule has 2 aromatic heterocycles. The Hall–Kier alpha value is -2.97. The zero-order chi connectivity index (χ0) is 18.6. The van der Waals surface area contributed by atoms with Crippen molar-refractivity contribution in [2.45, 2.75) is 0 Å². The second kappa shape index (κ2) is 7.73. The van der Waals surface area contributed by atoms with Crippen LogP contribution in [0.4, 0.5) is 16.5 Å². The summed E-state index contributed by atoms with van der Waals surface area (Å²) in [6, 6.07) is 9.41. The summed E-state index contributed by atoms with van der Waals surface area (Å²) >= 11 is 1.40. The molecule has 0 spiro atoms. The highest BCUT2D eigenvalue weighted by Gasteiger charge is 2.17. The summed E-state index contributed by atoms with van der Waals surface area (Å²) in [5.41, 5.74) is 9.06. The van der Waals surface area contributed by atoms with E-state index in [1.807, 2.05) is 24.3 Å². The van der Waals surface area contributed by atoms with E-state index in [0.29, 0.717) is 16.3 Å². The number of nitrogens with zero attached hydrogens (tertiary/aromatic N) is 3. The third kappa shape index (κ3) is 3.91. The van der Waals surface area contributed by atoms with Gasteiger partial charge in [-0.15, -0.1) is 0 Å². The summed E-state index contributed by atoms with van der Waals surface area (Å²) < 4.78 is 0. The topological polar surface area (TPSA) is 96.2 Å². The zero-order valence-electron chi connectivity index (χ0n) is 14.7. The summed E-state index contributed by atoms with van der Waals surface area (Å²) in [5.74, 6) is -0.205. The lowest BCUT2D eigenvalue weighted by atomic mass is 10.1. The largest absolute Gasteiger partial charge is 0.397 e. The Bertz CT molecular complexity index is 936. The van der Waals surface area contributed by atoms with Crippen LogP contribution in [0, 0.1) is 0 Å². The Morgan fingerprint density at radius 3 is 2.81 bits per heavy atom. The van der Waals surface area contributed by atoms with Crippen LogP contribution < -0.4 is 21.3 Å². The van der Waals surface area contributed by atoms with Crippen molar-refractivity contribution in [2.24, 2.45) is 0 Å². The number of hydrogen-bond donors (Lipinski definition) is 3. The third-order valence-corrected chi connectivity index (χ3v) is 5.46. The molecular weight excluding hydrogens is 360 g/mol. The number of nitrogens with two attached hydrogens (primary N) is 1. The number of hydrogen-bond acceptors (Lipinski definition) is 7. The van der Waals surface area contributed by atoms with Gasteiger partial charge in [0.25, 0.3) is 5.91 Å². The first-order chi connectivity index (χ1) is 13.2. The molecule has 138 valence electrons. The standard InChI is InChI=1S/C19H20N6OS/c20-15-4-3-13(14-2-1-5-22-11-14)10-16(15)24-18(26)17-12-23-19(27-17)25-8-6-21-7-9-25/h1-5,10-12,21H,6-9,20H2,(H,24,26). The Morgan fingerprint density at radius 2 is 2.04 bits per heavy atom. The van der Waals surface area contributed by atoms with Gasteiger partial charge in [0.1, 0.15) is 4.88 Å². The normalized spacial score (nSPS) is 14.1. The molecule has 7 nitrogen and oxygen atoms in total. The summed E-state index contributed by atoms with van der Waals surface area (Å²) in [4.78, 5) is 24.0. The van der Waals surface area contributed by atoms with Crippen LogP contribution in [-0.4, -0.2) is 42.1 Å². The minimum absolute atomic E-state index is 0.205. The molecule has 4 rings (SSSR count). The average Bonchev–Trinajstić information content (AvgIpc) is 3.21. The predicted molar refractivity (Wildman–Crippen MR) is 109 cm³/mol. The van der Waals surface area contributed by atoms with Crippen molar-refractivity contribution in [3.63, 3.8) is 0 Å². The van der Waals surface area contributed by atoms with Crippen molar-refractivity contribution < 1.29 is 4.79 Å². The molecule has 1 fully saturated rings. The van der Waals surface area contributed by atoms with Gasteiger partial charge in [-0.05, 0) is 23.8 Å². The fourth-order valence-corrected chi connectivity index (χ4v) is 3.80. The summed E-state index contributed by atoms with van der Waals surface area (Å²) in [6.45, 7) is 3.65. The summed E-state index contributed by atoms with van der Waals surface area (Å²) in [5, 5.41) is 7.09. The highest BCUT2D eigenvalue weighted by Crippen LogP contribution is 2.28. The van der Waals surface area contributed by atoms with E-state index in [2.05, 4.69) is 25.5 Å². The number of pyridine rings is 1. The minimum atomic E-state index is -0.205. The van der Waals surface area contributed by atoms with Crippen LogP contribution in [0.3, 0.4) is 0 Å². The molecule has 0 saturated carbocycles. The van der Waals surface area contributed by atoms with Crippen LogP contribution >= 0.6 is 11.3 Å². The van der Waals surface area contributed by atoms with Crippen LogP contribution in [0.1, 0.15) is 9.67 Å². The first-order valence-electron chi connectivity index (χ1n) is 8.73. The van der Waals surface area contributed by atoms with Crippen molar-refractivity contribution in [3.05, 3.63) is 53.8 Å². The highest BCUT2D eigenvalue weighted by molar-refractivity contribution is 7.17. The number of nitrogens with one attached hydrogen (secondary N) is 2. The number of piperazine rings is 1. The maximum Gasteiger partial charge on any atom is 0.267 e. The van der Waals surface area contributed by atoms with E-state index in [1.54, 1.807) is 24.7 Å². The van der Waals surface area contributed by atoms with Crippen LogP contribution in [-0.2, 0) is 0 Å². The fraction of sp³-hybridized carbons (Fsp3) is 0.211. The van der Waals surface area contributed by atoms with Gasteiger partial charge in [0.15, 0.2) is 5.13 Å². The van der Waals surface area contributed by atoms with Crippen LogP contribution in [0.15, 0.2) is 48.9 Å². The molecular formula is C19H20N6OS. The molecule has 1 amide bonds. The molecule has 1 aliphatic rings. The van der Waals surface area contributed by atoms with Gasteiger partial charge in [0.05, 0.1) is 17.6 Å². The van der Waals surface area contributed by atoms with E-state index in [0.717, 1.165) is 42.4 Å². The third-order valence-electron chi connectivity index (χ3n) is 4.40. The Morgan fingerprint density at radius 1 is 1.19 bits per heavy atom. The van der Waals surface area contributed by atoms with Crippen LogP contribution in [0.25, 0.3) is 11.1 Å². The Kier molecular flexibility index (Phi) is 4.99. The SMILES string of the molecule is Nc1ccc(-c2cccnc2)cc1NC(=O)c1cnc(N2CCNCC2)s1. The Labute approximate surface area is 161 Å². The smallest absolute Gasteiger partial charge is 0.267 e. The van der Waals surface area contributed by atoms with Gasteiger partial charge in [0.2, 0.25) is 0 Å². The van der Waals surface area contributed by atoms with E-state index < -0.39 is 0 Å². The minimum Gasteiger partial charge on any atom is -0.397 e. The number of carbonyl (C=O) groups is 1. The molecule has 0 bridgehead atoms. The summed E-state index contributed by atoms with van der Waals surface area (Å²) in [7, 11) is 0. The monoisotopic (exact) mass is 380 g/mol. The predicted octanol–water partition coefficient (Wildman–Crippen LogP) is 2.45. The molecule has 1 aliphatic heterocycles. The zero-order valence-corrected chi connectivity index (χ0v) is 15.5. The number of thiazole rings is 1. The average molecular weight is 380 g/mol. The fourth-order valence-electron chi connectivity index (χ4n) is 2.93. The van der Waals surface area contributed by atoms with Crippen molar-refractivity contribution in [3.8, 4) is 11.1 Å². The quantitative estimate of drug-likeness (QED) is 0.602. The van der Waals surface area contributed by atoms with Gasteiger partial charge in [-0.1, -0.05) is 23.5 Å². The highest BCUT2D eigenvalue weighted by atomic mass is 32.1. The van der Waals surface area contributed by atoms with Crippen molar-refractivity contribution in [1.29, 1.82) is 0 Å². The van der Waals surface area contributed by atoms with Crippen molar-refractivity contribution >= 4 is 33.8 Å². The molecule has 3 aromatic rings. The van der Waals surface area contributed by atoms with Gasteiger partial charge in [-0.3, -0.25) is 9.78 Å². The lowest BCUT2D eigenvalue weighted by Gasteiger charge is -2.26. The molecule has 3 heterocycles. The summed E-state index contributed by atoms with van der Waals surface area (Å²) in [6.07, 6.45) is 5.13. The van der Waals surface area contributed by atoms with E-state index in [9.17, 15) is 4.79 Å². The van der Waals surface area contributed by atoms with Crippen LogP contribution in [0.5, 0.6) is 0 Å². The molecule has 0 atom stereocenters. The van der Waals surface area contributed by atoms with Gasteiger partial charge in [-0.25, -0.2) is 4.98 Å². The maximum atomic E-state index is 12.7. The van der Waals surface area contributed by atoms with Gasteiger partial charge in [0, 0.05) is 44.1 Å². The second-order valence-electron chi connectivity index (χ2n) is 6.24. The molecule has 8 heteroatoms. The first kappa shape index (κ1) is 17.4. The number of anilines is 3. The Balaban J connectivity index is 1.52. The number of benzene rings is 1. The molecule has 0 aliphatic carbocycles. The maximum absolute atomic E-state index is 12.7. The number of amides is 1.